The third-order valence-electron chi connectivity index (χ3n) is 9.01. The molecule has 0 atom stereocenters. The lowest BCUT2D eigenvalue weighted by Gasteiger charge is -2.36. The minimum absolute atomic E-state index is 0.0493. The molecule has 0 saturated carbocycles. The number of rotatable bonds is 11. The van der Waals surface area contributed by atoms with Crippen LogP contribution in [0.2, 0.25) is 5.15 Å². The molecule has 0 aliphatic carbocycles. The highest BCUT2D eigenvalue weighted by atomic mass is 35.5. The monoisotopic (exact) mass is 682 g/mol. The second-order valence-electron chi connectivity index (χ2n) is 12.5. The lowest BCUT2D eigenvalue weighted by Crippen LogP contribution is -2.41. The number of halogens is 3. The molecule has 11 heteroatoms. The first-order valence-electron chi connectivity index (χ1n) is 16.3. The van der Waals surface area contributed by atoms with Crippen LogP contribution < -0.4 is 10.5 Å². The highest BCUT2D eigenvalue weighted by Crippen LogP contribution is 2.23. The summed E-state index contributed by atoms with van der Waals surface area (Å²) in [4.78, 5) is 40.0. The molecular weight excluding hydrogens is 646 g/mol. The number of fused-ring (bicyclic) bond motifs is 1. The third kappa shape index (κ3) is 8.44. The SMILES string of the molecule is CN1CCC(N(C)c2ccc(Cc3ncc4cc(/C=C/CCC(=O)c5cc(Cl)nn(Cc6ccc(F)c(F)c6)c5=O)ccc4n3)cc2)CC1. The number of Topliss-reactive ketones (excluding diaryl/α,β-unsaturated/α-hetero) is 1. The van der Waals surface area contributed by atoms with Gasteiger partial charge in [-0.15, -0.1) is 0 Å². The van der Waals surface area contributed by atoms with E-state index >= 15 is 0 Å². The van der Waals surface area contributed by atoms with E-state index in [2.05, 4.69) is 58.2 Å². The molecule has 1 aliphatic rings. The number of benzene rings is 3. The number of anilines is 1. The fourth-order valence-corrected chi connectivity index (χ4v) is 6.30. The fourth-order valence-electron chi connectivity index (χ4n) is 6.10. The van der Waals surface area contributed by atoms with Crippen molar-refractivity contribution in [2.24, 2.45) is 0 Å². The van der Waals surface area contributed by atoms with Gasteiger partial charge in [0.05, 0.1) is 17.6 Å². The van der Waals surface area contributed by atoms with E-state index in [-0.39, 0.29) is 23.7 Å². The van der Waals surface area contributed by atoms with Gasteiger partial charge in [0.1, 0.15) is 5.82 Å². The lowest BCUT2D eigenvalue weighted by molar-refractivity contribution is 0.0981. The van der Waals surface area contributed by atoms with Crippen molar-refractivity contribution in [3.8, 4) is 0 Å². The number of ketones is 1. The lowest BCUT2D eigenvalue weighted by atomic mass is 10.0. The average molecular weight is 683 g/mol. The molecule has 1 saturated heterocycles. The van der Waals surface area contributed by atoms with Crippen LogP contribution in [0.5, 0.6) is 0 Å². The summed E-state index contributed by atoms with van der Waals surface area (Å²) in [6.07, 6.45) is 9.07. The molecular formula is C38H37ClF2N6O2. The van der Waals surface area contributed by atoms with Crippen molar-refractivity contribution in [2.75, 3.05) is 32.1 Å². The number of hydrogen-bond donors (Lipinski definition) is 0. The molecule has 0 amide bonds. The molecule has 252 valence electrons. The summed E-state index contributed by atoms with van der Waals surface area (Å²) < 4.78 is 27.9. The average Bonchev–Trinajstić information content (AvgIpc) is 3.10. The Morgan fingerprint density at radius 1 is 1.00 bits per heavy atom. The zero-order valence-electron chi connectivity index (χ0n) is 27.5. The first-order chi connectivity index (χ1) is 23.6. The van der Waals surface area contributed by atoms with Crippen molar-refractivity contribution in [3.63, 3.8) is 0 Å². The summed E-state index contributed by atoms with van der Waals surface area (Å²) in [7, 11) is 4.36. The van der Waals surface area contributed by atoms with E-state index in [1.165, 1.54) is 30.7 Å². The fraction of sp³-hybridized carbons (Fsp3) is 0.289. The predicted octanol–water partition coefficient (Wildman–Crippen LogP) is 6.96. The van der Waals surface area contributed by atoms with E-state index in [1.807, 2.05) is 36.5 Å². The number of carbonyl (C=O) groups excluding carboxylic acids is 1. The second-order valence-corrected chi connectivity index (χ2v) is 12.9. The Morgan fingerprint density at radius 3 is 2.51 bits per heavy atom. The molecule has 3 heterocycles. The zero-order chi connectivity index (χ0) is 34.5. The van der Waals surface area contributed by atoms with Gasteiger partial charge in [-0.2, -0.15) is 5.10 Å². The molecule has 0 bridgehead atoms. The highest BCUT2D eigenvalue weighted by Gasteiger charge is 2.21. The van der Waals surface area contributed by atoms with Crippen molar-refractivity contribution in [1.82, 2.24) is 24.6 Å². The predicted molar refractivity (Wildman–Crippen MR) is 189 cm³/mol. The summed E-state index contributed by atoms with van der Waals surface area (Å²) in [6, 6.07) is 19.7. The minimum atomic E-state index is -1.04. The number of hydrogen-bond acceptors (Lipinski definition) is 7. The molecule has 5 aromatic rings. The molecule has 0 unspecified atom stereocenters. The number of piperidine rings is 1. The van der Waals surface area contributed by atoms with Crippen LogP contribution in [0, 0.1) is 11.6 Å². The first kappa shape index (κ1) is 34.1. The summed E-state index contributed by atoms with van der Waals surface area (Å²) in [6.45, 7) is 2.11. The van der Waals surface area contributed by atoms with E-state index in [1.54, 1.807) is 0 Å². The van der Waals surface area contributed by atoms with E-state index in [4.69, 9.17) is 16.6 Å². The van der Waals surface area contributed by atoms with Gasteiger partial charge in [0.15, 0.2) is 22.6 Å². The van der Waals surface area contributed by atoms with Gasteiger partial charge in [0.2, 0.25) is 0 Å². The molecule has 6 rings (SSSR count). The van der Waals surface area contributed by atoms with Crippen LogP contribution in [-0.2, 0) is 13.0 Å². The quantitative estimate of drug-likeness (QED) is 0.139. The van der Waals surface area contributed by atoms with Crippen molar-refractivity contribution in [3.05, 3.63) is 134 Å². The Bertz CT molecular complexity index is 2060. The van der Waals surface area contributed by atoms with E-state index in [0.717, 1.165) is 57.8 Å². The van der Waals surface area contributed by atoms with Crippen molar-refractivity contribution in [2.45, 2.75) is 44.7 Å². The second kappa shape index (κ2) is 15.2. The Kier molecular flexibility index (Phi) is 10.6. The number of likely N-dealkylation sites (tertiary alicyclic amines) is 1. The summed E-state index contributed by atoms with van der Waals surface area (Å²) >= 11 is 6.09. The van der Waals surface area contributed by atoms with Crippen molar-refractivity contribution < 1.29 is 13.6 Å². The molecule has 2 aromatic heterocycles. The number of carbonyl (C=O) groups is 1. The van der Waals surface area contributed by atoms with Crippen molar-refractivity contribution in [1.29, 1.82) is 0 Å². The molecule has 0 radical (unpaired) electrons. The molecule has 0 spiro atoms. The van der Waals surface area contributed by atoms with Gasteiger partial charge in [0, 0.05) is 43.2 Å². The number of allylic oxidation sites excluding steroid dienone is 1. The summed E-state index contributed by atoms with van der Waals surface area (Å²) in [5.74, 6) is -1.67. The molecule has 3 aromatic carbocycles. The standard InChI is InChI=1S/C38H37ClF2N6O2/c1-45-17-15-30(16-18-45)46(2)29-11-7-26(8-12-29)21-37-42-23-28-19-25(10-14-34(28)43-37)5-3-4-6-35(48)31-22-36(39)44-47(38(31)49)24-27-9-13-32(40)33(41)20-27/h3,5,7-14,19-20,22-23,30H,4,6,15-18,21,24H2,1-2H3/b5-3+. The van der Waals surface area contributed by atoms with Gasteiger partial charge >= 0.3 is 0 Å². The molecule has 1 fully saturated rings. The van der Waals surface area contributed by atoms with Crippen LogP contribution >= 0.6 is 11.6 Å². The van der Waals surface area contributed by atoms with Crippen LogP contribution in [-0.4, -0.2) is 63.7 Å². The van der Waals surface area contributed by atoms with Gasteiger partial charge in [-0.1, -0.05) is 48.0 Å². The maximum Gasteiger partial charge on any atom is 0.278 e. The van der Waals surface area contributed by atoms with Gasteiger partial charge in [-0.05, 0) is 98.6 Å². The van der Waals surface area contributed by atoms with E-state index < -0.39 is 23.0 Å². The van der Waals surface area contributed by atoms with E-state index in [0.29, 0.717) is 24.4 Å². The van der Waals surface area contributed by atoms with Crippen molar-refractivity contribution >= 4 is 40.1 Å². The van der Waals surface area contributed by atoms with Crippen LogP contribution in [0.3, 0.4) is 0 Å². The van der Waals surface area contributed by atoms with Gasteiger partial charge in [-0.3, -0.25) is 9.59 Å². The Morgan fingerprint density at radius 2 is 1.76 bits per heavy atom. The molecule has 8 nitrogen and oxygen atoms in total. The summed E-state index contributed by atoms with van der Waals surface area (Å²) in [5.41, 5.74) is 3.72. The van der Waals surface area contributed by atoms with Gasteiger partial charge in [-0.25, -0.2) is 23.4 Å². The van der Waals surface area contributed by atoms with Crippen LogP contribution in [0.25, 0.3) is 17.0 Å². The Labute approximate surface area is 288 Å². The molecule has 49 heavy (non-hydrogen) atoms. The van der Waals surface area contributed by atoms with Crippen LogP contribution in [0.4, 0.5) is 14.5 Å². The molecule has 1 aliphatic heterocycles. The zero-order valence-corrected chi connectivity index (χ0v) is 28.2. The topological polar surface area (TPSA) is 84.2 Å². The van der Waals surface area contributed by atoms with Gasteiger partial charge < -0.3 is 9.80 Å². The smallest absolute Gasteiger partial charge is 0.278 e. The van der Waals surface area contributed by atoms with Crippen LogP contribution in [0.1, 0.15) is 58.6 Å². The number of nitrogens with zero attached hydrogens (tertiary/aromatic N) is 6. The van der Waals surface area contributed by atoms with E-state index in [9.17, 15) is 18.4 Å². The number of aromatic nitrogens is 4. The Balaban J connectivity index is 1.04. The minimum Gasteiger partial charge on any atom is -0.372 e. The normalized spacial score (nSPS) is 14.1. The largest absolute Gasteiger partial charge is 0.372 e. The van der Waals surface area contributed by atoms with Gasteiger partial charge in [0.25, 0.3) is 5.56 Å². The maximum absolute atomic E-state index is 13.6. The third-order valence-corrected chi connectivity index (χ3v) is 9.19. The Hall–Kier alpha value is -4.80. The van der Waals surface area contributed by atoms with Crippen LogP contribution in [0.15, 0.2) is 83.8 Å². The highest BCUT2D eigenvalue weighted by molar-refractivity contribution is 6.29. The first-order valence-corrected chi connectivity index (χ1v) is 16.7. The molecule has 0 N–H and O–H groups in total. The maximum atomic E-state index is 13.6. The summed E-state index contributed by atoms with van der Waals surface area (Å²) in [5, 5.41) is 4.81.